The lowest BCUT2D eigenvalue weighted by atomic mass is 9.85. The summed E-state index contributed by atoms with van der Waals surface area (Å²) >= 11 is 0. The third kappa shape index (κ3) is 3.88. The number of hydrogen-bond donors (Lipinski definition) is 2. The van der Waals surface area contributed by atoms with Crippen LogP contribution in [0.15, 0.2) is 16.7 Å². The molecule has 0 bridgehead atoms. The van der Waals surface area contributed by atoms with E-state index in [4.69, 9.17) is 9.52 Å². The Balaban J connectivity index is 2.50. The number of nitrogens with one attached hydrogen (secondary N) is 1. The average Bonchev–Trinajstić information content (AvgIpc) is 2.71. The van der Waals surface area contributed by atoms with Crippen LogP contribution in [0.3, 0.4) is 0 Å². The van der Waals surface area contributed by atoms with E-state index in [1.807, 2.05) is 0 Å². The van der Waals surface area contributed by atoms with Crippen LogP contribution < -0.4 is 5.32 Å². The van der Waals surface area contributed by atoms with Crippen molar-refractivity contribution >= 4 is 5.97 Å². The third-order valence-electron chi connectivity index (χ3n) is 3.35. The number of furan rings is 1. The summed E-state index contributed by atoms with van der Waals surface area (Å²) in [6.45, 7) is 10.3. The van der Waals surface area contributed by atoms with Gasteiger partial charge in [-0.25, -0.2) is 4.79 Å². The number of aromatic carboxylic acids is 1. The van der Waals surface area contributed by atoms with E-state index in [0.29, 0.717) is 29.9 Å². The highest BCUT2D eigenvalue weighted by atomic mass is 16.4. The van der Waals surface area contributed by atoms with Crippen molar-refractivity contribution in [2.45, 2.75) is 34.2 Å². The Kier molecular flexibility index (Phi) is 5.41. The average molecular weight is 253 g/mol. The number of carboxylic acids is 1. The van der Waals surface area contributed by atoms with Crippen molar-refractivity contribution < 1.29 is 14.3 Å². The molecule has 0 saturated heterocycles. The van der Waals surface area contributed by atoms with Crippen LogP contribution in [-0.4, -0.2) is 17.6 Å². The fourth-order valence-corrected chi connectivity index (χ4v) is 2.28. The Morgan fingerprint density at radius 1 is 1.33 bits per heavy atom. The van der Waals surface area contributed by atoms with E-state index in [-0.39, 0.29) is 5.76 Å². The molecule has 1 aromatic rings. The molecule has 0 spiro atoms. The molecule has 2 N–H and O–H groups in total. The van der Waals surface area contributed by atoms with Gasteiger partial charge >= 0.3 is 5.97 Å². The van der Waals surface area contributed by atoms with Crippen LogP contribution in [0.2, 0.25) is 0 Å². The zero-order valence-corrected chi connectivity index (χ0v) is 11.6. The summed E-state index contributed by atoms with van der Waals surface area (Å²) in [5.74, 6) is 0.834. The molecule has 1 rings (SSSR count). The predicted molar refractivity (Wildman–Crippen MR) is 70.5 cm³/mol. The quantitative estimate of drug-likeness (QED) is 0.784. The summed E-state index contributed by atoms with van der Waals surface area (Å²) in [5, 5.41) is 12.2. The predicted octanol–water partition coefficient (Wildman–Crippen LogP) is 3.00. The van der Waals surface area contributed by atoms with E-state index in [1.165, 1.54) is 6.26 Å². The monoisotopic (exact) mass is 253 g/mol. The largest absolute Gasteiger partial charge is 0.475 e. The standard InChI is InChI=1S/C14H23NO3/c1-9(2)12(10(3)4)8-15-7-11-5-6-18-13(11)14(16)17/h5-6,9-10,12,15H,7-8H2,1-4H3,(H,16,17). The molecule has 0 atom stereocenters. The second kappa shape index (κ2) is 6.59. The summed E-state index contributed by atoms with van der Waals surface area (Å²) in [4.78, 5) is 10.9. The molecule has 0 radical (unpaired) electrons. The molecule has 0 fully saturated rings. The first-order chi connectivity index (χ1) is 8.43. The first-order valence-electron chi connectivity index (χ1n) is 6.43. The molecule has 18 heavy (non-hydrogen) atoms. The Morgan fingerprint density at radius 2 is 1.94 bits per heavy atom. The summed E-state index contributed by atoms with van der Waals surface area (Å²) in [6, 6.07) is 1.70. The minimum atomic E-state index is -1.01. The van der Waals surface area contributed by atoms with Gasteiger partial charge in [-0.05, 0) is 30.4 Å². The Hall–Kier alpha value is -1.29. The molecule has 0 unspecified atom stereocenters. The number of hydrogen-bond acceptors (Lipinski definition) is 3. The van der Waals surface area contributed by atoms with Gasteiger partial charge in [0, 0.05) is 12.1 Å². The second-order valence-electron chi connectivity index (χ2n) is 5.36. The highest BCUT2D eigenvalue weighted by Gasteiger charge is 2.18. The van der Waals surface area contributed by atoms with E-state index >= 15 is 0 Å². The SMILES string of the molecule is CC(C)C(CNCc1ccoc1C(=O)O)C(C)C. The van der Waals surface area contributed by atoms with E-state index in [9.17, 15) is 4.79 Å². The van der Waals surface area contributed by atoms with E-state index < -0.39 is 5.97 Å². The van der Waals surface area contributed by atoms with Gasteiger partial charge in [-0.1, -0.05) is 27.7 Å². The molecular formula is C14H23NO3. The van der Waals surface area contributed by atoms with Gasteiger partial charge in [0.1, 0.15) is 0 Å². The van der Waals surface area contributed by atoms with Crippen LogP contribution in [0.1, 0.15) is 43.8 Å². The van der Waals surface area contributed by atoms with Crippen molar-refractivity contribution in [3.8, 4) is 0 Å². The minimum Gasteiger partial charge on any atom is -0.475 e. The van der Waals surface area contributed by atoms with E-state index in [2.05, 4.69) is 33.0 Å². The first-order valence-corrected chi connectivity index (χ1v) is 6.43. The van der Waals surface area contributed by atoms with Gasteiger partial charge in [-0.2, -0.15) is 0 Å². The van der Waals surface area contributed by atoms with E-state index in [1.54, 1.807) is 6.07 Å². The molecule has 0 aliphatic heterocycles. The van der Waals surface area contributed by atoms with Crippen molar-refractivity contribution in [3.63, 3.8) is 0 Å². The maximum atomic E-state index is 10.9. The molecule has 1 heterocycles. The summed E-state index contributed by atoms with van der Waals surface area (Å²) in [5.41, 5.74) is 0.703. The topological polar surface area (TPSA) is 62.5 Å². The lowest BCUT2D eigenvalue weighted by molar-refractivity contribution is 0.0660. The number of carbonyl (C=O) groups is 1. The van der Waals surface area contributed by atoms with Crippen molar-refractivity contribution in [1.29, 1.82) is 0 Å². The van der Waals surface area contributed by atoms with Crippen molar-refractivity contribution in [3.05, 3.63) is 23.7 Å². The summed E-state index contributed by atoms with van der Waals surface area (Å²) < 4.78 is 4.94. The highest BCUT2D eigenvalue weighted by molar-refractivity contribution is 5.86. The van der Waals surface area contributed by atoms with Crippen LogP contribution in [0.4, 0.5) is 0 Å². The number of rotatable bonds is 7. The molecule has 1 aromatic heterocycles. The van der Waals surface area contributed by atoms with Gasteiger partial charge in [0.25, 0.3) is 0 Å². The first kappa shape index (κ1) is 14.8. The minimum absolute atomic E-state index is 0.0353. The van der Waals surface area contributed by atoms with Gasteiger partial charge in [0.15, 0.2) is 0 Å². The highest BCUT2D eigenvalue weighted by Crippen LogP contribution is 2.19. The normalized spacial score (nSPS) is 11.7. The van der Waals surface area contributed by atoms with Gasteiger partial charge in [-0.3, -0.25) is 0 Å². The smallest absolute Gasteiger partial charge is 0.372 e. The van der Waals surface area contributed by atoms with E-state index in [0.717, 1.165) is 6.54 Å². The third-order valence-corrected chi connectivity index (χ3v) is 3.35. The van der Waals surface area contributed by atoms with Crippen LogP contribution in [-0.2, 0) is 6.54 Å². The van der Waals surface area contributed by atoms with Crippen molar-refractivity contribution in [1.82, 2.24) is 5.32 Å². The molecule has 0 amide bonds. The van der Waals surface area contributed by atoms with Crippen molar-refractivity contribution in [2.75, 3.05) is 6.54 Å². The lowest BCUT2D eigenvalue weighted by Gasteiger charge is -2.25. The Labute approximate surface area is 108 Å². The molecule has 0 saturated carbocycles. The lowest BCUT2D eigenvalue weighted by Crippen LogP contribution is -2.29. The van der Waals surface area contributed by atoms with Gasteiger partial charge in [-0.15, -0.1) is 0 Å². The maximum absolute atomic E-state index is 10.9. The summed E-state index contributed by atoms with van der Waals surface area (Å²) in [6.07, 6.45) is 1.42. The van der Waals surface area contributed by atoms with Crippen LogP contribution in [0, 0.1) is 17.8 Å². The molecular weight excluding hydrogens is 230 g/mol. The Morgan fingerprint density at radius 3 is 2.44 bits per heavy atom. The molecule has 0 aliphatic carbocycles. The maximum Gasteiger partial charge on any atom is 0.372 e. The summed E-state index contributed by atoms with van der Waals surface area (Å²) in [7, 11) is 0. The second-order valence-corrected chi connectivity index (χ2v) is 5.36. The van der Waals surface area contributed by atoms with Crippen LogP contribution >= 0.6 is 0 Å². The molecule has 0 aliphatic rings. The van der Waals surface area contributed by atoms with Crippen LogP contribution in [0.25, 0.3) is 0 Å². The van der Waals surface area contributed by atoms with Gasteiger partial charge in [0.05, 0.1) is 6.26 Å². The zero-order chi connectivity index (χ0) is 13.7. The molecule has 4 heteroatoms. The van der Waals surface area contributed by atoms with Gasteiger partial charge in [0.2, 0.25) is 5.76 Å². The fourth-order valence-electron chi connectivity index (χ4n) is 2.28. The molecule has 4 nitrogen and oxygen atoms in total. The number of carboxylic acid groups (broad SMARTS) is 1. The zero-order valence-electron chi connectivity index (χ0n) is 11.6. The van der Waals surface area contributed by atoms with Crippen LogP contribution in [0.5, 0.6) is 0 Å². The molecule has 102 valence electrons. The van der Waals surface area contributed by atoms with Crippen molar-refractivity contribution in [2.24, 2.45) is 17.8 Å². The van der Waals surface area contributed by atoms with Gasteiger partial charge < -0.3 is 14.8 Å². The molecule has 0 aromatic carbocycles. The Bertz CT molecular complexity index is 374. The fraction of sp³-hybridized carbons (Fsp3) is 0.643.